The van der Waals surface area contributed by atoms with Gasteiger partial charge in [-0.3, -0.25) is 4.79 Å². The highest BCUT2D eigenvalue weighted by Gasteiger charge is 2.61. The summed E-state index contributed by atoms with van der Waals surface area (Å²) < 4.78 is 5.89. The average molecular weight is 238 g/mol. The van der Waals surface area contributed by atoms with Gasteiger partial charge in [0.15, 0.2) is 0 Å². The molecule has 0 unspecified atom stereocenters. The molecule has 0 heterocycles. The molecular formula is C15H26O2. The monoisotopic (exact) mass is 238 g/mol. The fourth-order valence-corrected chi connectivity index (χ4v) is 3.83. The molecule has 3 atom stereocenters. The number of carbonyl (C=O) groups is 1. The molecule has 2 rings (SSSR count). The highest BCUT2D eigenvalue weighted by Crippen LogP contribution is 2.63. The van der Waals surface area contributed by atoms with Crippen molar-refractivity contribution in [3.63, 3.8) is 0 Å². The Hall–Kier alpha value is -0.530. The molecule has 0 saturated heterocycles. The zero-order valence-electron chi connectivity index (χ0n) is 12.1. The van der Waals surface area contributed by atoms with Gasteiger partial charge in [-0.15, -0.1) is 0 Å². The summed E-state index contributed by atoms with van der Waals surface area (Å²) >= 11 is 0. The molecular weight excluding hydrogens is 212 g/mol. The lowest BCUT2D eigenvalue weighted by molar-refractivity contribution is -0.174. The lowest BCUT2D eigenvalue weighted by Crippen LogP contribution is -2.45. The van der Waals surface area contributed by atoms with E-state index in [0.717, 1.165) is 5.92 Å². The van der Waals surface area contributed by atoms with Gasteiger partial charge in [0.1, 0.15) is 6.10 Å². The highest BCUT2D eigenvalue weighted by atomic mass is 16.5. The molecule has 2 saturated carbocycles. The van der Waals surface area contributed by atoms with E-state index < -0.39 is 5.41 Å². The van der Waals surface area contributed by atoms with Crippen molar-refractivity contribution in [3.05, 3.63) is 0 Å². The number of hydrogen-bond acceptors (Lipinski definition) is 2. The van der Waals surface area contributed by atoms with Gasteiger partial charge in [0.2, 0.25) is 0 Å². The maximum absolute atomic E-state index is 12.1. The van der Waals surface area contributed by atoms with Crippen molar-refractivity contribution in [1.29, 1.82) is 0 Å². The van der Waals surface area contributed by atoms with Crippen LogP contribution in [0.25, 0.3) is 0 Å². The van der Waals surface area contributed by atoms with Crippen molar-refractivity contribution >= 4 is 5.97 Å². The second-order valence-corrected chi connectivity index (χ2v) is 7.95. The van der Waals surface area contributed by atoms with Gasteiger partial charge in [-0.05, 0) is 46.0 Å². The summed E-state index contributed by atoms with van der Waals surface area (Å²) in [7, 11) is 0. The molecule has 2 aliphatic carbocycles. The molecule has 2 bridgehead atoms. The van der Waals surface area contributed by atoms with E-state index in [9.17, 15) is 4.79 Å². The molecule has 0 aromatic rings. The third-order valence-corrected chi connectivity index (χ3v) is 4.97. The van der Waals surface area contributed by atoms with Crippen molar-refractivity contribution in [3.8, 4) is 0 Å². The molecule has 0 radical (unpaired) electrons. The van der Waals surface area contributed by atoms with Crippen LogP contribution < -0.4 is 0 Å². The van der Waals surface area contributed by atoms with Gasteiger partial charge in [-0.25, -0.2) is 0 Å². The van der Waals surface area contributed by atoms with Gasteiger partial charge < -0.3 is 4.74 Å². The fraction of sp³-hybridized carbons (Fsp3) is 0.933. The highest BCUT2D eigenvalue weighted by molar-refractivity contribution is 5.75. The van der Waals surface area contributed by atoms with Crippen LogP contribution in [0.1, 0.15) is 60.8 Å². The third kappa shape index (κ3) is 1.90. The van der Waals surface area contributed by atoms with Crippen LogP contribution in [0.5, 0.6) is 0 Å². The summed E-state index contributed by atoms with van der Waals surface area (Å²) in [4.78, 5) is 12.1. The van der Waals surface area contributed by atoms with Gasteiger partial charge in [0.05, 0.1) is 5.41 Å². The summed E-state index contributed by atoms with van der Waals surface area (Å²) in [6.07, 6.45) is 3.83. The van der Waals surface area contributed by atoms with E-state index in [1.807, 2.05) is 20.8 Å². The Labute approximate surface area is 105 Å². The molecule has 0 aliphatic heterocycles. The first kappa shape index (κ1) is 12.9. The zero-order valence-corrected chi connectivity index (χ0v) is 12.1. The van der Waals surface area contributed by atoms with Crippen LogP contribution in [0, 0.1) is 22.2 Å². The van der Waals surface area contributed by atoms with Crippen molar-refractivity contribution in [1.82, 2.24) is 0 Å². The van der Waals surface area contributed by atoms with Crippen molar-refractivity contribution in [2.75, 3.05) is 0 Å². The minimum atomic E-state index is -0.395. The first-order valence-electron chi connectivity index (χ1n) is 6.78. The molecule has 98 valence electrons. The SMILES string of the molecule is CC(C)(C)C(=O)O[C@H]1C(C)(C)[C@H]2CC[C@]1(C)C2. The molecule has 2 heteroatoms. The second kappa shape index (κ2) is 3.49. The number of rotatable bonds is 1. The molecule has 17 heavy (non-hydrogen) atoms. The van der Waals surface area contributed by atoms with E-state index in [-0.39, 0.29) is 22.9 Å². The molecule has 2 aliphatic rings. The Balaban J connectivity index is 2.19. The van der Waals surface area contributed by atoms with Gasteiger partial charge in [-0.1, -0.05) is 20.8 Å². The minimum Gasteiger partial charge on any atom is -0.461 e. The predicted molar refractivity (Wildman–Crippen MR) is 68.6 cm³/mol. The maximum Gasteiger partial charge on any atom is 0.311 e. The minimum absolute atomic E-state index is 0.0515. The molecule has 0 amide bonds. The van der Waals surface area contributed by atoms with Crippen LogP contribution in [-0.2, 0) is 9.53 Å². The lowest BCUT2D eigenvalue weighted by atomic mass is 9.70. The molecule has 0 N–H and O–H groups in total. The zero-order chi connectivity index (χ0) is 13.1. The summed E-state index contributed by atoms with van der Waals surface area (Å²) in [5, 5.41) is 0. The summed E-state index contributed by atoms with van der Waals surface area (Å²) in [5.74, 6) is 0.676. The molecule has 2 fully saturated rings. The van der Waals surface area contributed by atoms with Crippen LogP contribution in [0.4, 0.5) is 0 Å². The van der Waals surface area contributed by atoms with E-state index in [2.05, 4.69) is 20.8 Å². The first-order valence-corrected chi connectivity index (χ1v) is 6.78. The van der Waals surface area contributed by atoms with Gasteiger partial charge in [0, 0.05) is 10.8 Å². The number of hydrogen-bond donors (Lipinski definition) is 0. The topological polar surface area (TPSA) is 26.3 Å². The van der Waals surface area contributed by atoms with E-state index in [4.69, 9.17) is 4.74 Å². The van der Waals surface area contributed by atoms with Crippen LogP contribution in [0.3, 0.4) is 0 Å². The van der Waals surface area contributed by atoms with E-state index in [0.29, 0.717) is 0 Å². The average Bonchev–Trinajstić information content (AvgIpc) is 2.62. The summed E-state index contributed by atoms with van der Waals surface area (Å²) in [6.45, 7) is 12.6. The van der Waals surface area contributed by atoms with Crippen molar-refractivity contribution in [2.45, 2.75) is 66.9 Å². The van der Waals surface area contributed by atoms with Crippen LogP contribution in [0.2, 0.25) is 0 Å². The lowest BCUT2D eigenvalue weighted by Gasteiger charge is -2.42. The van der Waals surface area contributed by atoms with E-state index >= 15 is 0 Å². The van der Waals surface area contributed by atoms with E-state index in [1.54, 1.807) is 0 Å². The first-order chi connectivity index (χ1) is 7.57. The molecule has 0 aromatic heterocycles. The van der Waals surface area contributed by atoms with Gasteiger partial charge in [-0.2, -0.15) is 0 Å². The number of carbonyl (C=O) groups excluding carboxylic acids is 1. The van der Waals surface area contributed by atoms with Gasteiger partial charge >= 0.3 is 5.97 Å². The Kier molecular flexibility index (Phi) is 2.65. The molecule has 2 nitrogen and oxygen atoms in total. The predicted octanol–water partition coefficient (Wildman–Crippen LogP) is 3.79. The Morgan fingerprint density at radius 1 is 1.24 bits per heavy atom. The maximum atomic E-state index is 12.1. The molecule has 0 aromatic carbocycles. The Morgan fingerprint density at radius 2 is 1.82 bits per heavy atom. The van der Waals surface area contributed by atoms with Crippen molar-refractivity contribution in [2.24, 2.45) is 22.2 Å². The quantitative estimate of drug-likeness (QED) is 0.650. The smallest absolute Gasteiger partial charge is 0.311 e. The standard InChI is InChI=1S/C15H26O2/c1-13(2,3)12(16)17-11-14(4,5)10-7-8-15(11,6)9-10/h10-11H,7-9H2,1-6H3/t10-,11-,15+/m0/s1. The number of fused-ring (bicyclic) bond motifs is 2. The number of ether oxygens (including phenoxy) is 1. The van der Waals surface area contributed by atoms with Crippen molar-refractivity contribution < 1.29 is 9.53 Å². The third-order valence-electron chi connectivity index (χ3n) is 4.97. The van der Waals surface area contributed by atoms with Crippen LogP contribution in [-0.4, -0.2) is 12.1 Å². The van der Waals surface area contributed by atoms with Crippen LogP contribution >= 0.6 is 0 Å². The Bertz CT molecular complexity index is 333. The van der Waals surface area contributed by atoms with Crippen LogP contribution in [0.15, 0.2) is 0 Å². The summed E-state index contributed by atoms with van der Waals surface area (Å²) in [5.41, 5.74) is -0.0305. The largest absolute Gasteiger partial charge is 0.461 e. The normalized spacial score (nSPS) is 39.4. The molecule has 0 spiro atoms. The second-order valence-electron chi connectivity index (χ2n) is 7.95. The fourth-order valence-electron chi connectivity index (χ4n) is 3.83. The van der Waals surface area contributed by atoms with E-state index in [1.165, 1.54) is 19.3 Å². The summed E-state index contributed by atoms with van der Waals surface area (Å²) in [6, 6.07) is 0. The van der Waals surface area contributed by atoms with Gasteiger partial charge in [0.25, 0.3) is 0 Å². The number of esters is 1. The Morgan fingerprint density at radius 3 is 2.24 bits per heavy atom.